The molecule has 2 aliphatic rings. The molecule has 0 radical (unpaired) electrons. The largest absolute Gasteiger partial charge is 0.391 e. The van der Waals surface area contributed by atoms with E-state index in [-0.39, 0.29) is 30.9 Å². The highest BCUT2D eigenvalue weighted by molar-refractivity contribution is 5.97. The van der Waals surface area contributed by atoms with Crippen molar-refractivity contribution in [2.24, 2.45) is 17.1 Å². The van der Waals surface area contributed by atoms with Gasteiger partial charge in [0.05, 0.1) is 23.0 Å². The van der Waals surface area contributed by atoms with Crippen molar-refractivity contribution in [1.29, 1.82) is 5.26 Å². The number of halogens is 2. The number of anilines is 1. The van der Waals surface area contributed by atoms with E-state index in [1.807, 2.05) is 38.1 Å². The number of nitrogens with one attached hydrogen (secondary N) is 1. The number of nitriles is 1. The molecule has 2 amide bonds. The first-order chi connectivity index (χ1) is 22.0. The second kappa shape index (κ2) is 15.0. The first kappa shape index (κ1) is 34.8. The molecule has 0 heterocycles. The van der Waals surface area contributed by atoms with Gasteiger partial charge in [-0.05, 0) is 80.8 Å². The van der Waals surface area contributed by atoms with Crippen molar-refractivity contribution in [2.75, 3.05) is 25.0 Å². The van der Waals surface area contributed by atoms with Crippen molar-refractivity contribution in [3.05, 3.63) is 88.5 Å². The molecular formula is C37H46F2N4O3. The molecule has 7 nitrogen and oxygen atoms in total. The Hall–Kier alpha value is -4.03. The third-order valence-electron chi connectivity index (χ3n) is 9.51. The monoisotopic (exact) mass is 632 g/mol. The molecule has 0 spiro atoms. The molecule has 0 aromatic heterocycles. The molecule has 2 aliphatic carbocycles. The lowest BCUT2D eigenvalue weighted by atomic mass is 9.63. The van der Waals surface area contributed by atoms with Gasteiger partial charge in [0.1, 0.15) is 11.6 Å². The summed E-state index contributed by atoms with van der Waals surface area (Å²) in [6.07, 6.45) is 7.35. The van der Waals surface area contributed by atoms with Gasteiger partial charge in [-0.2, -0.15) is 5.26 Å². The summed E-state index contributed by atoms with van der Waals surface area (Å²) in [5, 5.41) is 24.9. The molecule has 0 aliphatic heterocycles. The van der Waals surface area contributed by atoms with Crippen LogP contribution in [0.15, 0.2) is 65.8 Å². The number of nitrogens with two attached hydrogens (primary N) is 1. The van der Waals surface area contributed by atoms with Gasteiger partial charge in [0.2, 0.25) is 11.8 Å². The number of carbonyl (C=O) groups excluding carboxylic acids is 2. The predicted octanol–water partition coefficient (Wildman–Crippen LogP) is 6.33. The molecule has 246 valence electrons. The Morgan fingerprint density at radius 1 is 1.07 bits per heavy atom. The van der Waals surface area contributed by atoms with E-state index in [2.05, 4.69) is 11.4 Å². The van der Waals surface area contributed by atoms with E-state index in [4.69, 9.17) is 5.73 Å². The van der Waals surface area contributed by atoms with E-state index >= 15 is 0 Å². The smallest absolute Gasteiger partial charge is 0.249 e. The van der Waals surface area contributed by atoms with E-state index in [0.29, 0.717) is 29.9 Å². The lowest BCUT2D eigenvalue weighted by Crippen LogP contribution is -2.51. The Balaban J connectivity index is 1.66. The maximum atomic E-state index is 14.3. The van der Waals surface area contributed by atoms with E-state index in [1.54, 1.807) is 24.0 Å². The van der Waals surface area contributed by atoms with Crippen LogP contribution < -0.4 is 11.1 Å². The van der Waals surface area contributed by atoms with Crippen LogP contribution in [0, 0.1) is 34.3 Å². The molecule has 2 aromatic carbocycles. The fourth-order valence-electron chi connectivity index (χ4n) is 7.27. The Kier molecular flexibility index (Phi) is 11.4. The quantitative estimate of drug-likeness (QED) is 0.225. The third kappa shape index (κ3) is 7.67. The Bertz CT molecular complexity index is 1480. The molecule has 1 fully saturated rings. The maximum Gasteiger partial charge on any atom is 0.249 e. The van der Waals surface area contributed by atoms with Gasteiger partial charge in [-0.15, -0.1) is 0 Å². The zero-order valence-corrected chi connectivity index (χ0v) is 27.1. The first-order valence-electron chi connectivity index (χ1n) is 16.3. The molecule has 1 saturated carbocycles. The van der Waals surface area contributed by atoms with E-state index in [9.17, 15) is 28.7 Å². The summed E-state index contributed by atoms with van der Waals surface area (Å²) in [5.41, 5.74) is 7.13. The van der Waals surface area contributed by atoms with Crippen molar-refractivity contribution in [1.82, 2.24) is 4.90 Å². The van der Waals surface area contributed by atoms with Crippen molar-refractivity contribution in [3.8, 4) is 6.07 Å². The van der Waals surface area contributed by atoms with Crippen LogP contribution in [-0.4, -0.2) is 47.6 Å². The van der Waals surface area contributed by atoms with Crippen LogP contribution in [0.1, 0.15) is 76.8 Å². The summed E-state index contributed by atoms with van der Waals surface area (Å²) in [7, 11) is 0. The van der Waals surface area contributed by atoms with Gasteiger partial charge >= 0.3 is 0 Å². The minimum absolute atomic E-state index is 0.00207. The van der Waals surface area contributed by atoms with Crippen LogP contribution in [0.25, 0.3) is 0 Å². The maximum absolute atomic E-state index is 14.3. The van der Waals surface area contributed by atoms with Crippen LogP contribution >= 0.6 is 0 Å². The number of hydrogen-bond acceptors (Lipinski definition) is 5. The number of aliphatic hydroxyl groups excluding tert-OH is 1. The van der Waals surface area contributed by atoms with E-state index in [1.165, 1.54) is 12.1 Å². The van der Waals surface area contributed by atoms with Crippen LogP contribution in [0.3, 0.4) is 0 Å². The highest BCUT2D eigenvalue weighted by Gasteiger charge is 2.48. The molecule has 2 aromatic rings. The number of benzene rings is 2. The molecule has 46 heavy (non-hydrogen) atoms. The minimum atomic E-state index is -1.51. The normalized spacial score (nSPS) is 20.2. The van der Waals surface area contributed by atoms with Crippen LogP contribution in [0.2, 0.25) is 0 Å². The predicted molar refractivity (Wildman–Crippen MR) is 175 cm³/mol. The first-order valence-corrected chi connectivity index (χ1v) is 16.3. The van der Waals surface area contributed by atoms with Gasteiger partial charge in [-0.25, -0.2) is 8.78 Å². The average Bonchev–Trinajstić information content (AvgIpc) is 3.52. The number of carbonyl (C=O) groups is 2. The van der Waals surface area contributed by atoms with E-state index in [0.717, 1.165) is 50.2 Å². The molecule has 4 rings (SSSR count). The zero-order valence-electron chi connectivity index (χ0n) is 27.1. The van der Waals surface area contributed by atoms with Crippen molar-refractivity contribution in [2.45, 2.75) is 83.7 Å². The van der Waals surface area contributed by atoms with E-state index < -0.39 is 40.4 Å². The summed E-state index contributed by atoms with van der Waals surface area (Å²) in [6.45, 7) is 6.87. The second-order valence-electron chi connectivity index (χ2n) is 12.9. The summed E-state index contributed by atoms with van der Waals surface area (Å²) in [4.78, 5) is 29.0. The Labute approximate surface area is 271 Å². The fraction of sp³-hybridized carbons (Fsp3) is 0.486. The van der Waals surface area contributed by atoms with Gasteiger partial charge in [0.15, 0.2) is 0 Å². The second-order valence-corrected chi connectivity index (χ2v) is 12.9. The summed E-state index contributed by atoms with van der Waals surface area (Å²) < 4.78 is 28.6. The lowest BCUT2D eigenvalue weighted by molar-refractivity contribution is -0.132. The number of nitrogens with zero attached hydrogens (tertiary/aromatic N) is 2. The molecule has 0 bridgehead atoms. The van der Waals surface area contributed by atoms with Crippen LogP contribution in [0.5, 0.6) is 0 Å². The molecule has 4 N–H and O–H groups in total. The van der Waals surface area contributed by atoms with Crippen molar-refractivity contribution >= 4 is 17.5 Å². The van der Waals surface area contributed by atoms with Crippen molar-refractivity contribution < 1.29 is 23.5 Å². The van der Waals surface area contributed by atoms with Crippen LogP contribution in [0.4, 0.5) is 14.5 Å². The average molecular weight is 633 g/mol. The zero-order chi connectivity index (χ0) is 33.5. The third-order valence-corrected chi connectivity index (χ3v) is 9.51. The van der Waals surface area contributed by atoms with Gasteiger partial charge < -0.3 is 21.1 Å². The lowest BCUT2D eigenvalue weighted by Gasteiger charge is -2.42. The highest BCUT2D eigenvalue weighted by Crippen LogP contribution is 2.45. The molecule has 3 atom stereocenters. The van der Waals surface area contributed by atoms with Gasteiger partial charge in [0, 0.05) is 42.9 Å². The molecular weight excluding hydrogens is 586 g/mol. The van der Waals surface area contributed by atoms with Gasteiger partial charge in [0.25, 0.3) is 0 Å². The molecule has 1 unspecified atom stereocenters. The number of rotatable bonds is 14. The van der Waals surface area contributed by atoms with Gasteiger partial charge in [-0.3, -0.25) is 9.59 Å². The van der Waals surface area contributed by atoms with Gasteiger partial charge in [-0.1, -0.05) is 56.5 Å². The minimum Gasteiger partial charge on any atom is -0.391 e. The fourth-order valence-corrected chi connectivity index (χ4v) is 7.27. The Morgan fingerprint density at radius 2 is 1.67 bits per heavy atom. The number of amides is 2. The van der Waals surface area contributed by atoms with Crippen LogP contribution in [-0.2, 0) is 21.4 Å². The molecule has 0 saturated heterocycles. The number of primary amides is 1. The highest BCUT2D eigenvalue weighted by atomic mass is 19.1. The topological polar surface area (TPSA) is 119 Å². The number of allylic oxidation sites excluding steroid dienone is 2. The standard InChI is InChI=1S/C37H46F2N4O3/c1-4-14-43(15-5-2)34(45)27-16-25(3)21-37(22-27,35(41)46)32(19-26-17-29(38)20-30(39)18-26)33(44)23-42-31-10-8-28(9-11-31)36(24-40)12-6-7-13-36/h8-11,16-18,20-21,32-33,42,44H,4-7,12-15,19,22-23H2,1-3H3,(H2,41,46)/t32-,33+,37?/m1/s1. The number of hydrogen-bond donors (Lipinski definition) is 3. The molecule has 9 heteroatoms. The summed E-state index contributed by atoms with van der Waals surface area (Å²) >= 11 is 0. The SMILES string of the molecule is CCCN(CCC)C(=O)C1=CC(C)=CC(C(N)=O)([C@H](Cc2cc(F)cc(F)c2)[C@@H](O)CNc2ccc(C3(C#N)CCCC3)cc2)C1. The number of aliphatic hydroxyl groups is 1. The Morgan fingerprint density at radius 3 is 2.22 bits per heavy atom. The van der Waals surface area contributed by atoms with Crippen molar-refractivity contribution in [3.63, 3.8) is 0 Å². The summed E-state index contributed by atoms with van der Waals surface area (Å²) in [5.74, 6) is -3.40. The summed E-state index contributed by atoms with van der Waals surface area (Å²) in [6, 6.07) is 13.2.